The largest absolute Gasteiger partial charge is 0.416 e. The summed E-state index contributed by atoms with van der Waals surface area (Å²) in [6.07, 6.45) is -2.63. The van der Waals surface area contributed by atoms with Crippen LogP contribution in [-0.2, 0) is 11.0 Å². The van der Waals surface area contributed by atoms with Gasteiger partial charge in [-0.05, 0) is 36.0 Å². The third-order valence-corrected chi connectivity index (χ3v) is 5.28. The molecule has 0 radical (unpaired) electrons. The van der Waals surface area contributed by atoms with Gasteiger partial charge >= 0.3 is 6.18 Å². The predicted octanol–water partition coefficient (Wildman–Crippen LogP) is 4.66. The number of anilines is 1. The summed E-state index contributed by atoms with van der Waals surface area (Å²) in [7, 11) is 0. The van der Waals surface area contributed by atoms with Gasteiger partial charge in [0.1, 0.15) is 0 Å². The van der Waals surface area contributed by atoms with Crippen LogP contribution in [0.15, 0.2) is 27.7 Å². The molecule has 11 heteroatoms. The minimum Gasteiger partial charge on any atom is -0.324 e. The van der Waals surface area contributed by atoms with Crippen LogP contribution in [0.2, 0.25) is 5.02 Å². The number of hydrogen-bond acceptors (Lipinski definition) is 6. The fraction of sp³-hybridized carbons (Fsp3) is 0.250. The number of alkyl halides is 3. The van der Waals surface area contributed by atoms with Crippen LogP contribution < -0.4 is 5.32 Å². The monoisotopic (exact) mass is 399 g/mol. The summed E-state index contributed by atoms with van der Waals surface area (Å²) in [5.41, 5.74) is -0.735. The van der Waals surface area contributed by atoms with Crippen LogP contribution >= 0.6 is 46.7 Å². The van der Waals surface area contributed by atoms with E-state index in [4.69, 9.17) is 11.6 Å². The van der Waals surface area contributed by atoms with Crippen molar-refractivity contribution in [2.75, 3.05) is 17.3 Å². The lowest BCUT2D eigenvalue weighted by atomic mass is 10.2. The highest BCUT2D eigenvalue weighted by molar-refractivity contribution is 8.01. The number of halogens is 4. The first kappa shape index (κ1) is 18.4. The maximum absolute atomic E-state index is 12.5. The highest BCUT2D eigenvalue weighted by Crippen LogP contribution is 2.34. The zero-order chi connectivity index (χ0) is 17.0. The van der Waals surface area contributed by atoms with Crippen LogP contribution in [0.5, 0.6) is 0 Å². The molecule has 1 heterocycles. The Labute approximate surface area is 147 Å². The van der Waals surface area contributed by atoms with Crippen LogP contribution in [0.1, 0.15) is 5.56 Å². The van der Waals surface area contributed by atoms with Crippen molar-refractivity contribution < 1.29 is 18.0 Å². The molecule has 0 saturated heterocycles. The minimum absolute atomic E-state index is 0.0559. The Morgan fingerprint density at radius 2 is 2.17 bits per heavy atom. The maximum Gasteiger partial charge on any atom is 0.416 e. The van der Waals surface area contributed by atoms with Crippen LogP contribution in [0.3, 0.4) is 0 Å². The lowest BCUT2D eigenvalue weighted by molar-refractivity contribution is -0.137. The Hall–Kier alpha value is -0.970. The van der Waals surface area contributed by atoms with Crippen LogP contribution in [0, 0.1) is 0 Å². The number of rotatable bonds is 5. The number of thioether (sulfide) groups is 2. The summed E-state index contributed by atoms with van der Waals surface area (Å²) < 4.78 is 42.3. The molecule has 1 N–H and O–H groups in total. The standard InChI is InChI=1S/C12H9ClF3N3OS3/c1-21-10-18-11(23-19-10)22-5-9(20)17-8-3-2-6(4-7(8)13)12(14,15)16/h2-4H,5H2,1H3,(H,17,20). The summed E-state index contributed by atoms with van der Waals surface area (Å²) in [6.45, 7) is 0. The van der Waals surface area contributed by atoms with E-state index in [9.17, 15) is 18.0 Å². The van der Waals surface area contributed by atoms with Gasteiger partial charge in [0.15, 0.2) is 4.34 Å². The Morgan fingerprint density at radius 1 is 1.43 bits per heavy atom. The number of nitrogens with zero attached hydrogens (tertiary/aromatic N) is 2. The number of carbonyl (C=O) groups excluding carboxylic acids is 1. The molecule has 0 atom stereocenters. The fourth-order valence-electron chi connectivity index (χ4n) is 1.44. The van der Waals surface area contributed by atoms with Crippen LogP contribution in [0.25, 0.3) is 0 Å². The first-order valence-electron chi connectivity index (χ1n) is 5.96. The second-order valence-electron chi connectivity index (χ2n) is 4.08. The number of aromatic nitrogens is 2. The van der Waals surface area contributed by atoms with E-state index in [1.807, 2.05) is 6.26 Å². The van der Waals surface area contributed by atoms with E-state index >= 15 is 0 Å². The lowest BCUT2D eigenvalue weighted by Gasteiger charge is -2.10. The summed E-state index contributed by atoms with van der Waals surface area (Å²) in [6, 6.07) is 2.77. The van der Waals surface area contributed by atoms with Gasteiger partial charge < -0.3 is 5.32 Å². The Balaban J connectivity index is 1.94. The molecule has 1 aromatic heterocycles. The number of benzene rings is 1. The van der Waals surface area contributed by atoms with Crippen LogP contribution in [0.4, 0.5) is 18.9 Å². The molecule has 0 unspecified atom stereocenters. The van der Waals surface area contributed by atoms with Crippen molar-refractivity contribution in [1.82, 2.24) is 9.36 Å². The Morgan fingerprint density at radius 3 is 2.74 bits per heavy atom. The minimum atomic E-state index is -4.48. The zero-order valence-corrected chi connectivity index (χ0v) is 14.7. The molecule has 0 aliphatic heterocycles. The van der Waals surface area contributed by atoms with E-state index in [2.05, 4.69) is 14.7 Å². The van der Waals surface area contributed by atoms with Gasteiger partial charge in [0.05, 0.1) is 22.0 Å². The van der Waals surface area contributed by atoms with Gasteiger partial charge in [-0.25, -0.2) is 4.98 Å². The molecule has 23 heavy (non-hydrogen) atoms. The second-order valence-corrected chi connectivity index (χ2v) is 7.23. The van der Waals surface area contributed by atoms with Gasteiger partial charge in [-0.2, -0.15) is 17.5 Å². The molecule has 0 fully saturated rings. The van der Waals surface area contributed by atoms with Gasteiger partial charge in [-0.3, -0.25) is 4.79 Å². The smallest absolute Gasteiger partial charge is 0.324 e. The summed E-state index contributed by atoms with van der Waals surface area (Å²) in [5, 5.41) is 2.93. The molecule has 124 valence electrons. The third-order valence-electron chi connectivity index (χ3n) is 2.47. The van der Waals surface area contributed by atoms with Gasteiger partial charge in [-0.15, -0.1) is 0 Å². The molecular weight excluding hydrogens is 391 g/mol. The fourth-order valence-corrected chi connectivity index (χ4v) is 3.68. The van der Waals surface area contributed by atoms with Crippen molar-refractivity contribution in [3.8, 4) is 0 Å². The summed E-state index contributed by atoms with van der Waals surface area (Å²) in [4.78, 5) is 16.0. The van der Waals surface area contributed by atoms with Crippen molar-refractivity contribution in [1.29, 1.82) is 0 Å². The SMILES string of the molecule is CSc1nsc(SCC(=O)Nc2ccc(C(F)(F)F)cc2Cl)n1. The third kappa shape index (κ3) is 5.27. The van der Waals surface area contributed by atoms with E-state index < -0.39 is 17.6 Å². The molecule has 0 bridgehead atoms. The molecule has 1 aromatic carbocycles. The quantitative estimate of drug-likeness (QED) is 0.741. The average Bonchev–Trinajstić information content (AvgIpc) is 2.94. The molecule has 0 aliphatic rings. The topological polar surface area (TPSA) is 54.9 Å². The highest BCUT2D eigenvalue weighted by atomic mass is 35.5. The zero-order valence-electron chi connectivity index (χ0n) is 11.5. The van der Waals surface area contributed by atoms with E-state index in [1.165, 1.54) is 35.1 Å². The number of amides is 1. The van der Waals surface area contributed by atoms with Crippen molar-refractivity contribution >= 4 is 58.3 Å². The summed E-state index contributed by atoms with van der Waals surface area (Å²) in [5.74, 6) is -0.335. The van der Waals surface area contributed by atoms with Crippen molar-refractivity contribution in [2.24, 2.45) is 0 Å². The van der Waals surface area contributed by atoms with E-state index in [0.717, 1.165) is 18.2 Å². The molecule has 4 nitrogen and oxygen atoms in total. The first-order valence-corrected chi connectivity index (χ1v) is 9.33. The second kappa shape index (κ2) is 7.73. The Bertz CT molecular complexity index is 708. The van der Waals surface area contributed by atoms with E-state index in [1.54, 1.807) is 0 Å². The average molecular weight is 400 g/mol. The Kier molecular flexibility index (Phi) is 6.18. The normalized spacial score (nSPS) is 11.5. The molecule has 0 saturated carbocycles. The molecule has 2 aromatic rings. The molecule has 1 amide bonds. The maximum atomic E-state index is 12.5. The van der Waals surface area contributed by atoms with Gasteiger partial charge in [0.25, 0.3) is 0 Å². The van der Waals surface area contributed by atoms with Crippen molar-refractivity contribution in [3.63, 3.8) is 0 Å². The molecule has 2 rings (SSSR count). The van der Waals surface area contributed by atoms with Crippen molar-refractivity contribution in [2.45, 2.75) is 15.7 Å². The summed E-state index contributed by atoms with van der Waals surface area (Å²) >= 11 is 9.54. The van der Waals surface area contributed by atoms with E-state index in [0.29, 0.717) is 9.50 Å². The number of nitrogens with one attached hydrogen (secondary N) is 1. The first-order chi connectivity index (χ1) is 10.8. The van der Waals surface area contributed by atoms with Crippen molar-refractivity contribution in [3.05, 3.63) is 28.8 Å². The van der Waals surface area contributed by atoms with Gasteiger partial charge in [0.2, 0.25) is 11.1 Å². The molecule has 0 spiro atoms. The predicted molar refractivity (Wildman–Crippen MR) is 87.5 cm³/mol. The number of hydrogen-bond donors (Lipinski definition) is 1. The van der Waals surface area contributed by atoms with Gasteiger partial charge in [-0.1, -0.05) is 35.1 Å². The number of carbonyl (C=O) groups is 1. The lowest BCUT2D eigenvalue weighted by Crippen LogP contribution is -2.14. The van der Waals surface area contributed by atoms with E-state index in [-0.39, 0.29) is 16.5 Å². The molecular formula is C12H9ClF3N3OS3. The van der Waals surface area contributed by atoms with Gasteiger partial charge in [0, 0.05) is 0 Å². The highest BCUT2D eigenvalue weighted by Gasteiger charge is 2.31. The van der Waals surface area contributed by atoms with Crippen LogP contribution in [-0.4, -0.2) is 27.3 Å². The molecule has 0 aliphatic carbocycles.